The lowest BCUT2D eigenvalue weighted by Gasteiger charge is -2.66. The van der Waals surface area contributed by atoms with E-state index in [1.54, 1.807) is 0 Å². The Balaban J connectivity index is 1.95. The molecule has 0 saturated heterocycles. The van der Waals surface area contributed by atoms with E-state index in [1.165, 1.54) is 6.92 Å². The number of ether oxygens (including phenoxy) is 1. The third-order valence-corrected chi connectivity index (χ3v) is 8.27. The predicted octanol–water partition coefficient (Wildman–Crippen LogP) is 2.25. The lowest BCUT2D eigenvalue weighted by atomic mass is 9.42. The minimum Gasteiger partial charge on any atom is -0.457 e. The third-order valence-electron chi connectivity index (χ3n) is 8.27. The topological polar surface area (TPSA) is 87.0 Å². The smallest absolute Gasteiger partial charge is 0.303 e. The van der Waals surface area contributed by atoms with Crippen LogP contribution in [0, 0.1) is 16.7 Å². The number of aliphatic hydroxyl groups excluding tert-OH is 2. The van der Waals surface area contributed by atoms with Gasteiger partial charge in [0.05, 0.1) is 23.2 Å². The van der Waals surface area contributed by atoms with E-state index in [9.17, 15) is 20.1 Å². The van der Waals surface area contributed by atoms with E-state index >= 15 is 0 Å². The van der Waals surface area contributed by atoms with Crippen LogP contribution in [-0.4, -0.2) is 45.2 Å². The molecule has 0 aromatic heterocycles. The monoisotopic (exact) mass is 362 g/mol. The van der Waals surface area contributed by atoms with Crippen LogP contribution in [0.5, 0.6) is 0 Å². The molecule has 1 spiro atoms. The number of hydrogen-bond donors (Lipinski definition) is 3. The van der Waals surface area contributed by atoms with Gasteiger partial charge in [-0.15, -0.1) is 0 Å². The molecule has 0 aromatic carbocycles. The molecule has 0 aromatic rings. The number of hydrogen-bond acceptors (Lipinski definition) is 5. The molecule has 7 unspecified atom stereocenters. The van der Waals surface area contributed by atoms with Crippen LogP contribution in [0.25, 0.3) is 0 Å². The molecular formula is C21H30O5. The van der Waals surface area contributed by atoms with Gasteiger partial charge in [0.15, 0.2) is 0 Å². The number of rotatable bonds is 1. The molecule has 5 heteroatoms. The molecule has 2 bridgehead atoms. The van der Waals surface area contributed by atoms with Crippen LogP contribution in [0.15, 0.2) is 23.3 Å². The largest absolute Gasteiger partial charge is 0.457 e. The summed E-state index contributed by atoms with van der Waals surface area (Å²) in [5, 5.41) is 34.5. The molecule has 7 atom stereocenters. The summed E-state index contributed by atoms with van der Waals surface area (Å²) in [5.41, 5.74) is -0.256. The van der Waals surface area contributed by atoms with Crippen LogP contribution < -0.4 is 0 Å². The maximum absolute atomic E-state index is 12.2. The molecule has 3 fully saturated rings. The van der Waals surface area contributed by atoms with Gasteiger partial charge < -0.3 is 20.1 Å². The van der Waals surface area contributed by atoms with Crippen LogP contribution in [-0.2, 0) is 9.53 Å². The average Bonchev–Trinajstić information content (AvgIpc) is 2.81. The number of fused-ring (bicyclic) bond motifs is 3. The molecule has 26 heavy (non-hydrogen) atoms. The fourth-order valence-corrected chi connectivity index (χ4v) is 6.88. The molecule has 144 valence electrons. The second kappa shape index (κ2) is 5.43. The Morgan fingerprint density at radius 1 is 1.27 bits per heavy atom. The van der Waals surface area contributed by atoms with Crippen molar-refractivity contribution in [1.29, 1.82) is 0 Å². The summed E-state index contributed by atoms with van der Waals surface area (Å²) >= 11 is 0. The van der Waals surface area contributed by atoms with Crippen molar-refractivity contribution in [2.75, 3.05) is 0 Å². The standard InChI is InChI=1S/C21H30O5/c1-11-5-6-16(23)19(4)15(11)9-17(24)20-10-14(7-8-21(19,20)25)12(2)18(20)26-13(3)22/h14,16-18,23-25H,2,5-10H2,1,3-4H3. The van der Waals surface area contributed by atoms with Crippen LogP contribution in [0.3, 0.4) is 0 Å². The Kier molecular flexibility index (Phi) is 3.80. The minimum atomic E-state index is -1.34. The second-order valence-corrected chi connectivity index (χ2v) is 9.14. The van der Waals surface area contributed by atoms with E-state index in [0.717, 1.165) is 29.6 Å². The summed E-state index contributed by atoms with van der Waals surface area (Å²) in [6, 6.07) is 0. The van der Waals surface area contributed by atoms with E-state index in [1.807, 2.05) is 13.8 Å². The summed E-state index contributed by atoms with van der Waals surface area (Å²) in [4.78, 5) is 11.8. The van der Waals surface area contributed by atoms with Crippen molar-refractivity contribution in [3.63, 3.8) is 0 Å². The third kappa shape index (κ3) is 1.84. The average molecular weight is 362 g/mol. The van der Waals surface area contributed by atoms with E-state index in [-0.39, 0.29) is 5.92 Å². The first-order valence-corrected chi connectivity index (χ1v) is 9.73. The van der Waals surface area contributed by atoms with Gasteiger partial charge in [-0.1, -0.05) is 24.6 Å². The highest BCUT2D eigenvalue weighted by atomic mass is 16.5. The van der Waals surface area contributed by atoms with Crippen molar-refractivity contribution < 1.29 is 24.9 Å². The van der Waals surface area contributed by atoms with Crippen LogP contribution in [0.1, 0.15) is 59.3 Å². The van der Waals surface area contributed by atoms with E-state index in [0.29, 0.717) is 25.7 Å². The molecule has 5 nitrogen and oxygen atoms in total. The fourth-order valence-electron chi connectivity index (χ4n) is 6.88. The molecule has 4 aliphatic carbocycles. The van der Waals surface area contributed by atoms with Crippen molar-refractivity contribution in [1.82, 2.24) is 0 Å². The second-order valence-electron chi connectivity index (χ2n) is 9.14. The molecule has 3 saturated carbocycles. The molecule has 4 aliphatic rings. The molecule has 0 amide bonds. The van der Waals surface area contributed by atoms with Crippen molar-refractivity contribution in [2.24, 2.45) is 16.7 Å². The van der Waals surface area contributed by atoms with Crippen molar-refractivity contribution >= 4 is 5.97 Å². The van der Waals surface area contributed by atoms with E-state index in [2.05, 4.69) is 6.58 Å². The molecular weight excluding hydrogens is 332 g/mol. The van der Waals surface area contributed by atoms with Crippen LogP contribution in [0.2, 0.25) is 0 Å². The first kappa shape index (κ1) is 18.2. The van der Waals surface area contributed by atoms with Gasteiger partial charge in [-0.3, -0.25) is 4.79 Å². The zero-order valence-corrected chi connectivity index (χ0v) is 15.9. The molecule has 0 heterocycles. The predicted molar refractivity (Wildman–Crippen MR) is 96.1 cm³/mol. The SMILES string of the molecule is C=C1C2CCC3(O)C4(C)C(=C(C)CCC4O)CC(O)C3(C2)C1OC(C)=O. The highest BCUT2D eigenvalue weighted by Crippen LogP contribution is 2.72. The molecule has 3 N–H and O–H groups in total. The Hall–Kier alpha value is -1.17. The van der Waals surface area contributed by atoms with Crippen molar-refractivity contribution in [2.45, 2.75) is 83.2 Å². The Labute approximate surface area is 154 Å². The number of carbonyl (C=O) groups excluding carboxylic acids is 1. The molecule has 4 rings (SSSR count). The summed E-state index contributed by atoms with van der Waals surface area (Å²) < 4.78 is 5.66. The summed E-state index contributed by atoms with van der Waals surface area (Å²) in [5.74, 6) is -0.301. The minimum absolute atomic E-state index is 0.130. The quantitative estimate of drug-likeness (QED) is 0.492. The summed E-state index contributed by atoms with van der Waals surface area (Å²) in [6.45, 7) is 9.50. The van der Waals surface area contributed by atoms with Crippen molar-refractivity contribution in [3.8, 4) is 0 Å². The maximum Gasteiger partial charge on any atom is 0.303 e. The lowest BCUT2D eigenvalue weighted by molar-refractivity contribution is -0.275. The number of aliphatic hydroxyl groups is 3. The maximum atomic E-state index is 12.2. The van der Waals surface area contributed by atoms with E-state index < -0.39 is 40.7 Å². The molecule has 0 aliphatic heterocycles. The van der Waals surface area contributed by atoms with Gasteiger partial charge in [0.2, 0.25) is 0 Å². The van der Waals surface area contributed by atoms with Crippen molar-refractivity contribution in [3.05, 3.63) is 23.3 Å². The van der Waals surface area contributed by atoms with Gasteiger partial charge in [-0.25, -0.2) is 0 Å². The Morgan fingerprint density at radius 3 is 2.62 bits per heavy atom. The summed E-state index contributed by atoms with van der Waals surface area (Å²) in [6.07, 6.45) is 1.32. The van der Waals surface area contributed by atoms with Gasteiger partial charge in [-0.2, -0.15) is 0 Å². The summed E-state index contributed by atoms with van der Waals surface area (Å²) in [7, 11) is 0. The number of esters is 1. The van der Waals surface area contributed by atoms with E-state index in [4.69, 9.17) is 4.74 Å². The van der Waals surface area contributed by atoms with Crippen LogP contribution in [0.4, 0.5) is 0 Å². The fraction of sp³-hybridized carbons (Fsp3) is 0.762. The van der Waals surface area contributed by atoms with Gasteiger partial charge in [0.25, 0.3) is 0 Å². The van der Waals surface area contributed by atoms with Crippen LogP contribution >= 0.6 is 0 Å². The lowest BCUT2D eigenvalue weighted by Crippen LogP contribution is -2.73. The highest BCUT2D eigenvalue weighted by Gasteiger charge is 2.77. The van der Waals surface area contributed by atoms with Gasteiger partial charge in [0, 0.05) is 12.3 Å². The van der Waals surface area contributed by atoms with Gasteiger partial charge in [-0.05, 0) is 56.9 Å². The highest BCUT2D eigenvalue weighted by molar-refractivity contribution is 5.67. The van der Waals surface area contributed by atoms with Gasteiger partial charge in [0.1, 0.15) is 6.10 Å². The number of carbonyl (C=O) groups is 1. The zero-order chi connectivity index (χ0) is 19.1. The normalized spacial score (nSPS) is 50.3. The van der Waals surface area contributed by atoms with Gasteiger partial charge >= 0.3 is 5.97 Å². The first-order valence-electron chi connectivity index (χ1n) is 9.73. The first-order chi connectivity index (χ1) is 12.1. The zero-order valence-electron chi connectivity index (χ0n) is 15.9. The molecule has 0 radical (unpaired) electrons. The Morgan fingerprint density at radius 2 is 1.96 bits per heavy atom. The Bertz CT molecular complexity index is 711. The number of allylic oxidation sites excluding steroid dienone is 1.